The Bertz CT molecular complexity index is 721. The molecule has 54 heavy (non-hydrogen) atoms. The Hall–Kier alpha value is -1.06. The second-order valence-electron chi connectivity index (χ2n) is 17.3. The van der Waals surface area contributed by atoms with Crippen LogP contribution in [0.5, 0.6) is 0 Å². The van der Waals surface area contributed by atoms with E-state index in [4.69, 9.17) is 9.84 Å². The third-order valence-corrected chi connectivity index (χ3v) is 11.8. The van der Waals surface area contributed by atoms with E-state index < -0.39 is 5.97 Å². The minimum Gasteiger partial charge on any atom is -0.481 e. The minimum atomic E-state index is -0.651. The fourth-order valence-electron chi connectivity index (χ4n) is 8.05. The van der Waals surface area contributed by atoms with Gasteiger partial charge in [0, 0.05) is 12.8 Å². The van der Waals surface area contributed by atoms with Crippen LogP contribution in [0.25, 0.3) is 0 Å². The molecule has 0 aromatic carbocycles. The van der Waals surface area contributed by atoms with E-state index >= 15 is 0 Å². The third-order valence-electron chi connectivity index (χ3n) is 11.8. The van der Waals surface area contributed by atoms with Crippen molar-refractivity contribution in [1.29, 1.82) is 0 Å². The van der Waals surface area contributed by atoms with E-state index in [0.717, 1.165) is 25.7 Å². The van der Waals surface area contributed by atoms with Gasteiger partial charge >= 0.3 is 11.9 Å². The van der Waals surface area contributed by atoms with Crippen molar-refractivity contribution in [2.75, 3.05) is 6.61 Å². The zero-order chi connectivity index (χ0) is 39.1. The van der Waals surface area contributed by atoms with Gasteiger partial charge in [0.2, 0.25) is 0 Å². The summed E-state index contributed by atoms with van der Waals surface area (Å²) >= 11 is 0. The largest absolute Gasteiger partial charge is 0.481 e. The number of carboxylic acids is 1. The van der Waals surface area contributed by atoms with Crippen LogP contribution >= 0.6 is 0 Å². The molecule has 4 nitrogen and oxygen atoms in total. The van der Waals surface area contributed by atoms with E-state index in [9.17, 15) is 9.59 Å². The molecule has 4 heteroatoms. The SMILES string of the molecule is CCCCCCCCCCCC(=O)OCCCCCCCCCCCCCCCCCCCCCCCCCCCCCCCCCCCCCC(=O)O. The lowest BCUT2D eigenvalue weighted by atomic mass is 10.0. The lowest BCUT2D eigenvalue weighted by Crippen LogP contribution is -2.05. The maximum absolute atomic E-state index is 11.9. The lowest BCUT2D eigenvalue weighted by Gasteiger charge is -2.06. The number of hydrogen-bond donors (Lipinski definition) is 1. The molecule has 0 heterocycles. The van der Waals surface area contributed by atoms with Crippen LogP contribution in [0.15, 0.2) is 0 Å². The van der Waals surface area contributed by atoms with Gasteiger partial charge in [0.25, 0.3) is 0 Å². The molecule has 0 bridgehead atoms. The van der Waals surface area contributed by atoms with Crippen LogP contribution in [0.2, 0.25) is 0 Å². The van der Waals surface area contributed by atoms with Crippen LogP contribution in [0.1, 0.15) is 302 Å². The highest BCUT2D eigenvalue weighted by Gasteiger charge is 2.03. The predicted octanol–water partition coefficient (Wildman–Crippen LogP) is 17.6. The number of esters is 1. The van der Waals surface area contributed by atoms with Gasteiger partial charge in [0.05, 0.1) is 6.61 Å². The summed E-state index contributed by atoms with van der Waals surface area (Å²) in [6.07, 6.45) is 60.5. The van der Waals surface area contributed by atoms with Crippen LogP contribution in [-0.2, 0) is 14.3 Å². The molecule has 0 aromatic rings. The van der Waals surface area contributed by atoms with Crippen molar-refractivity contribution < 1.29 is 19.4 Å². The molecule has 0 radical (unpaired) electrons. The number of carbonyl (C=O) groups excluding carboxylic acids is 1. The monoisotopic (exact) mass is 763 g/mol. The summed E-state index contributed by atoms with van der Waals surface area (Å²) in [6.45, 7) is 2.90. The van der Waals surface area contributed by atoms with Gasteiger partial charge in [-0.3, -0.25) is 9.59 Å². The maximum Gasteiger partial charge on any atom is 0.305 e. The Labute approximate surface area is 339 Å². The molecular weight excluding hydrogens is 665 g/mol. The van der Waals surface area contributed by atoms with Crippen LogP contribution < -0.4 is 0 Å². The first-order chi connectivity index (χ1) is 26.7. The van der Waals surface area contributed by atoms with Crippen molar-refractivity contribution in [3.05, 3.63) is 0 Å². The number of carbonyl (C=O) groups is 2. The highest BCUT2D eigenvalue weighted by Crippen LogP contribution is 2.18. The summed E-state index contributed by atoms with van der Waals surface area (Å²) in [5.74, 6) is -0.629. The molecule has 0 rings (SSSR count). The highest BCUT2D eigenvalue weighted by molar-refractivity contribution is 5.69. The normalized spacial score (nSPS) is 11.4. The molecule has 0 aromatic heterocycles. The van der Waals surface area contributed by atoms with Crippen LogP contribution in [-0.4, -0.2) is 23.7 Å². The van der Waals surface area contributed by atoms with Gasteiger partial charge in [-0.25, -0.2) is 0 Å². The summed E-state index contributed by atoms with van der Waals surface area (Å²) < 4.78 is 5.44. The van der Waals surface area contributed by atoms with Gasteiger partial charge in [-0.1, -0.05) is 270 Å². The summed E-state index contributed by atoms with van der Waals surface area (Å²) in [4.78, 5) is 22.4. The predicted molar refractivity (Wildman–Crippen MR) is 237 cm³/mol. The Morgan fingerprint density at radius 3 is 0.741 bits per heavy atom. The molecule has 0 spiro atoms. The Morgan fingerprint density at radius 2 is 0.500 bits per heavy atom. The fraction of sp³-hybridized carbons (Fsp3) is 0.960. The van der Waals surface area contributed by atoms with Crippen LogP contribution in [0, 0.1) is 0 Å². The lowest BCUT2D eigenvalue weighted by molar-refractivity contribution is -0.144. The quantitative estimate of drug-likeness (QED) is 0.0495. The molecular formula is C50H98O4. The molecule has 0 unspecified atom stereocenters. The van der Waals surface area contributed by atoms with Crippen molar-refractivity contribution in [1.82, 2.24) is 0 Å². The molecule has 0 atom stereocenters. The van der Waals surface area contributed by atoms with E-state index in [0.29, 0.717) is 19.4 Å². The van der Waals surface area contributed by atoms with E-state index in [-0.39, 0.29) is 5.97 Å². The van der Waals surface area contributed by atoms with Gasteiger partial charge in [0.1, 0.15) is 0 Å². The first kappa shape index (κ1) is 52.9. The molecule has 1 N–H and O–H groups in total. The molecule has 0 fully saturated rings. The second kappa shape index (κ2) is 48.1. The van der Waals surface area contributed by atoms with Crippen LogP contribution in [0.3, 0.4) is 0 Å². The first-order valence-corrected chi connectivity index (χ1v) is 25.0. The Kier molecular flexibility index (Phi) is 47.1. The Balaban J connectivity index is 3.11. The first-order valence-electron chi connectivity index (χ1n) is 25.0. The van der Waals surface area contributed by atoms with Gasteiger partial charge in [-0.15, -0.1) is 0 Å². The third kappa shape index (κ3) is 49.0. The summed E-state index contributed by atoms with van der Waals surface area (Å²) in [5.41, 5.74) is 0. The average molecular weight is 763 g/mol. The van der Waals surface area contributed by atoms with Crippen molar-refractivity contribution >= 4 is 11.9 Å². The maximum atomic E-state index is 11.9. The molecule has 322 valence electrons. The number of hydrogen-bond acceptors (Lipinski definition) is 3. The number of unbranched alkanes of at least 4 members (excludes halogenated alkanes) is 42. The van der Waals surface area contributed by atoms with Gasteiger partial charge < -0.3 is 9.84 Å². The van der Waals surface area contributed by atoms with Gasteiger partial charge in [0.15, 0.2) is 0 Å². The van der Waals surface area contributed by atoms with E-state index in [1.165, 1.54) is 257 Å². The molecule has 0 saturated carbocycles. The standard InChI is InChI=1S/C50H98O4/c1-2-3-4-5-6-34-38-41-44-47-50(53)54-48-45-42-39-36-33-31-29-27-25-23-21-19-17-15-13-11-9-7-8-10-12-14-16-18-20-22-24-26-28-30-32-35-37-40-43-46-49(51)52/h2-48H2,1H3,(H,51,52). The minimum absolute atomic E-state index is 0.0215. The molecule has 0 aliphatic heterocycles. The number of rotatable bonds is 48. The molecule has 0 aliphatic rings. The molecule has 0 saturated heterocycles. The van der Waals surface area contributed by atoms with Gasteiger partial charge in [-0.2, -0.15) is 0 Å². The number of carboxylic acid groups (broad SMARTS) is 1. The van der Waals surface area contributed by atoms with E-state index in [1.54, 1.807) is 0 Å². The number of aliphatic carboxylic acids is 1. The summed E-state index contributed by atoms with van der Waals surface area (Å²) in [5, 5.41) is 8.66. The van der Waals surface area contributed by atoms with Crippen LogP contribution in [0.4, 0.5) is 0 Å². The average Bonchev–Trinajstić information content (AvgIpc) is 3.16. The smallest absolute Gasteiger partial charge is 0.305 e. The molecule has 0 aliphatic carbocycles. The van der Waals surface area contributed by atoms with Crippen molar-refractivity contribution in [2.45, 2.75) is 302 Å². The van der Waals surface area contributed by atoms with Crippen molar-refractivity contribution in [3.63, 3.8) is 0 Å². The summed E-state index contributed by atoms with van der Waals surface area (Å²) in [6, 6.07) is 0. The van der Waals surface area contributed by atoms with Crippen molar-refractivity contribution in [2.24, 2.45) is 0 Å². The van der Waals surface area contributed by atoms with Crippen molar-refractivity contribution in [3.8, 4) is 0 Å². The zero-order valence-corrected chi connectivity index (χ0v) is 36.9. The fourth-order valence-corrected chi connectivity index (χ4v) is 8.05. The van der Waals surface area contributed by atoms with E-state index in [2.05, 4.69) is 6.92 Å². The second-order valence-corrected chi connectivity index (χ2v) is 17.3. The topological polar surface area (TPSA) is 63.6 Å². The summed E-state index contributed by atoms with van der Waals surface area (Å²) in [7, 11) is 0. The zero-order valence-electron chi connectivity index (χ0n) is 36.9. The van der Waals surface area contributed by atoms with E-state index in [1.807, 2.05) is 0 Å². The highest BCUT2D eigenvalue weighted by atomic mass is 16.5. The Morgan fingerprint density at radius 1 is 0.296 bits per heavy atom. The van der Waals surface area contributed by atoms with Gasteiger partial charge in [-0.05, 0) is 19.3 Å². The molecule has 0 amide bonds. The number of ether oxygens (including phenoxy) is 1.